The monoisotopic (exact) mass is 296 g/mol. The largest absolute Gasteiger partial charge is 0.378 e. The van der Waals surface area contributed by atoms with Crippen LogP contribution in [0.25, 0.3) is 0 Å². The highest BCUT2D eigenvalue weighted by atomic mass is 19.2. The first-order valence-corrected chi connectivity index (χ1v) is 5.57. The lowest BCUT2D eigenvalue weighted by atomic mass is 10.2. The highest BCUT2D eigenvalue weighted by molar-refractivity contribution is 5.95. The van der Waals surface area contributed by atoms with Gasteiger partial charge in [-0.3, -0.25) is 4.79 Å². The van der Waals surface area contributed by atoms with E-state index in [1.54, 1.807) is 5.32 Å². The topological polar surface area (TPSA) is 50.4 Å². The third kappa shape index (κ3) is 2.59. The van der Waals surface area contributed by atoms with E-state index in [-0.39, 0.29) is 6.61 Å². The van der Waals surface area contributed by atoms with Crippen molar-refractivity contribution in [2.75, 3.05) is 25.1 Å². The van der Waals surface area contributed by atoms with Crippen molar-refractivity contribution < 1.29 is 31.5 Å². The molecule has 1 fully saturated rings. The lowest BCUT2D eigenvalue weighted by Gasteiger charge is -2.23. The Morgan fingerprint density at radius 2 is 1.60 bits per heavy atom. The number of amides is 1. The molecule has 1 heterocycles. The fourth-order valence-corrected chi connectivity index (χ4v) is 1.66. The molecule has 0 radical (unpaired) electrons. The van der Waals surface area contributed by atoms with Gasteiger partial charge in [-0.05, 0) is 0 Å². The maximum Gasteiger partial charge on any atom is 0.244 e. The molecule has 1 aliphatic rings. The Labute approximate surface area is 109 Å². The number of morpholine rings is 1. The van der Waals surface area contributed by atoms with E-state index in [0.717, 1.165) is 0 Å². The third-order valence-electron chi connectivity index (χ3n) is 2.70. The molecule has 2 rings (SSSR count). The number of ether oxygens (including phenoxy) is 1. The van der Waals surface area contributed by atoms with Gasteiger partial charge in [-0.2, -0.15) is 0 Å². The second kappa shape index (κ2) is 5.71. The summed E-state index contributed by atoms with van der Waals surface area (Å²) in [5.41, 5.74) is -1.38. The summed E-state index contributed by atoms with van der Waals surface area (Å²) in [6.45, 7) is 0.614. The summed E-state index contributed by atoms with van der Waals surface area (Å²) < 4.78 is 70.3. The van der Waals surface area contributed by atoms with Crippen LogP contribution in [0.2, 0.25) is 0 Å². The minimum atomic E-state index is -2.28. The Hall–Kier alpha value is -1.74. The summed E-state index contributed by atoms with van der Waals surface area (Å²) >= 11 is 0. The van der Waals surface area contributed by atoms with Gasteiger partial charge in [0.25, 0.3) is 0 Å². The first-order valence-electron chi connectivity index (χ1n) is 5.57. The fraction of sp³-hybridized carbons (Fsp3) is 0.364. The first kappa shape index (κ1) is 14.7. The van der Waals surface area contributed by atoms with Gasteiger partial charge in [0.2, 0.25) is 11.7 Å². The van der Waals surface area contributed by atoms with Crippen molar-refractivity contribution in [2.24, 2.45) is 0 Å². The molecule has 2 N–H and O–H groups in total. The fourth-order valence-electron chi connectivity index (χ4n) is 1.66. The molecular weight excluding hydrogens is 287 g/mol. The van der Waals surface area contributed by atoms with Crippen LogP contribution >= 0.6 is 0 Å². The van der Waals surface area contributed by atoms with Crippen LogP contribution in [0, 0.1) is 29.1 Å². The Kier molecular flexibility index (Phi) is 4.19. The van der Waals surface area contributed by atoms with Gasteiger partial charge in [0, 0.05) is 6.54 Å². The van der Waals surface area contributed by atoms with E-state index in [0.29, 0.717) is 13.2 Å². The summed E-state index contributed by atoms with van der Waals surface area (Å²) in [5.74, 6) is -11.7. The number of halogens is 5. The van der Waals surface area contributed by atoms with E-state index in [2.05, 4.69) is 5.32 Å². The molecule has 9 heteroatoms. The number of carbonyl (C=O) groups excluding carboxylic acids is 1. The van der Waals surface area contributed by atoms with Gasteiger partial charge in [-0.15, -0.1) is 0 Å². The normalized spacial score (nSPS) is 18.9. The molecule has 0 aromatic heterocycles. The molecule has 1 amide bonds. The zero-order valence-corrected chi connectivity index (χ0v) is 9.90. The van der Waals surface area contributed by atoms with E-state index >= 15 is 0 Å². The SMILES string of the molecule is O=C(Nc1c(F)c(F)c(F)c(F)c1F)C1COCCN1. The van der Waals surface area contributed by atoms with Crippen LogP contribution < -0.4 is 10.6 Å². The van der Waals surface area contributed by atoms with E-state index in [1.165, 1.54) is 0 Å². The Balaban J connectivity index is 2.27. The quantitative estimate of drug-likeness (QED) is 0.491. The smallest absolute Gasteiger partial charge is 0.244 e. The van der Waals surface area contributed by atoms with Gasteiger partial charge in [0.05, 0.1) is 13.2 Å². The lowest BCUT2D eigenvalue weighted by Crippen LogP contribution is -2.49. The maximum absolute atomic E-state index is 13.3. The van der Waals surface area contributed by atoms with E-state index in [4.69, 9.17) is 4.74 Å². The number of hydrogen-bond acceptors (Lipinski definition) is 3. The zero-order valence-electron chi connectivity index (χ0n) is 9.90. The minimum Gasteiger partial charge on any atom is -0.378 e. The molecule has 1 saturated heterocycles. The lowest BCUT2D eigenvalue weighted by molar-refractivity contribution is -0.120. The highest BCUT2D eigenvalue weighted by Gasteiger charge is 2.29. The second-order valence-electron chi connectivity index (χ2n) is 4.02. The van der Waals surface area contributed by atoms with E-state index in [9.17, 15) is 26.7 Å². The molecule has 4 nitrogen and oxygen atoms in total. The van der Waals surface area contributed by atoms with Crippen LogP contribution in [0.1, 0.15) is 0 Å². The number of benzene rings is 1. The van der Waals surface area contributed by atoms with Gasteiger partial charge in [0.15, 0.2) is 23.3 Å². The molecule has 110 valence electrons. The van der Waals surface area contributed by atoms with Gasteiger partial charge in [-0.25, -0.2) is 22.0 Å². The maximum atomic E-state index is 13.3. The average molecular weight is 296 g/mol. The second-order valence-corrected chi connectivity index (χ2v) is 4.02. The number of rotatable bonds is 2. The average Bonchev–Trinajstić information content (AvgIpc) is 2.48. The summed E-state index contributed by atoms with van der Waals surface area (Å²) in [6, 6.07) is -0.932. The molecule has 1 aromatic rings. The molecule has 0 spiro atoms. The third-order valence-corrected chi connectivity index (χ3v) is 2.70. The predicted octanol–water partition coefficient (Wildman–Crippen LogP) is 1.31. The van der Waals surface area contributed by atoms with E-state index < -0.39 is 46.7 Å². The summed E-state index contributed by atoms with van der Waals surface area (Å²) in [5, 5.41) is 4.35. The van der Waals surface area contributed by atoms with Gasteiger partial charge in [0.1, 0.15) is 11.7 Å². The number of anilines is 1. The summed E-state index contributed by atoms with van der Waals surface area (Å²) in [4.78, 5) is 11.7. The van der Waals surface area contributed by atoms with Crippen molar-refractivity contribution >= 4 is 11.6 Å². The van der Waals surface area contributed by atoms with Crippen LogP contribution in [-0.4, -0.2) is 31.7 Å². The zero-order chi connectivity index (χ0) is 14.9. The van der Waals surface area contributed by atoms with Crippen LogP contribution in [0.15, 0.2) is 0 Å². The molecule has 0 aliphatic carbocycles. The van der Waals surface area contributed by atoms with E-state index in [1.807, 2.05) is 0 Å². The van der Waals surface area contributed by atoms with Crippen molar-refractivity contribution in [3.05, 3.63) is 29.1 Å². The van der Waals surface area contributed by atoms with Gasteiger partial charge in [-0.1, -0.05) is 0 Å². The number of hydrogen-bond donors (Lipinski definition) is 2. The molecule has 0 saturated carbocycles. The van der Waals surface area contributed by atoms with Crippen molar-refractivity contribution in [2.45, 2.75) is 6.04 Å². The van der Waals surface area contributed by atoms with Crippen LogP contribution in [-0.2, 0) is 9.53 Å². The molecule has 0 bridgehead atoms. The molecule has 1 aliphatic heterocycles. The van der Waals surface area contributed by atoms with Crippen molar-refractivity contribution in [1.82, 2.24) is 5.32 Å². The predicted molar refractivity (Wildman–Crippen MR) is 57.5 cm³/mol. The summed E-state index contributed by atoms with van der Waals surface area (Å²) in [6.07, 6.45) is 0. The van der Waals surface area contributed by atoms with Crippen molar-refractivity contribution in [3.8, 4) is 0 Å². The van der Waals surface area contributed by atoms with Crippen molar-refractivity contribution in [3.63, 3.8) is 0 Å². The molecule has 1 unspecified atom stereocenters. The van der Waals surface area contributed by atoms with Crippen LogP contribution in [0.3, 0.4) is 0 Å². The Bertz CT molecular complexity index is 517. The van der Waals surface area contributed by atoms with Crippen molar-refractivity contribution in [1.29, 1.82) is 0 Å². The van der Waals surface area contributed by atoms with Crippen LogP contribution in [0.4, 0.5) is 27.6 Å². The minimum absolute atomic E-state index is 0.0682. The number of nitrogens with one attached hydrogen (secondary N) is 2. The first-order chi connectivity index (χ1) is 9.43. The highest BCUT2D eigenvalue weighted by Crippen LogP contribution is 2.27. The molecule has 1 aromatic carbocycles. The van der Waals surface area contributed by atoms with Crippen LogP contribution in [0.5, 0.6) is 0 Å². The molecule has 20 heavy (non-hydrogen) atoms. The molecule has 1 atom stereocenters. The summed E-state index contributed by atoms with van der Waals surface area (Å²) in [7, 11) is 0. The Morgan fingerprint density at radius 1 is 1.05 bits per heavy atom. The Morgan fingerprint density at radius 3 is 2.10 bits per heavy atom. The molecular formula is C11H9F5N2O2. The van der Waals surface area contributed by atoms with Gasteiger partial charge < -0.3 is 15.4 Å². The standard InChI is InChI=1S/C11H9F5N2O2/c12-5-6(13)8(15)10(9(16)7(5)14)18-11(19)4-3-20-2-1-17-4/h4,17H,1-3H2,(H,18,19). The number of carbonyl (C=O) groups is 1. The van der Waals surface area contributed by atoms with Gasteiger partial charge >= 0.3 is 0 Å².